The van der Waals surface area contributed by atoms with Crippen molar-refractivity contribution in [2.75, 3.05) is 25.5 Å². The Morgan fingerprint density at radius 2 is 1.72 bits per heavy atom. The number of hydrogen-bond donors (Lipinski definition) is 1. The number of rotatable bonds is 9. The van der Waals surface area contributed by atoms with Crippen LogP contribution in [0, 0.1) is 6.92 Å². The van der Waals surface area contributed by atoms with Crippen molar-refractivity contribution in [2.45, 2.75) is 38.7 Å². The highest BCUT2D eigenvalue weighted by Gasteiger charge is 2.24. The molecule has 0 fully saturated rings. The lowest BCUT2D eigenvalue weighted by Crippen LogP contribution is -2.31. The normalized spacial score (nSPS) is 12.5. The molecule has 0 aliphatic carbocycles. The van der Waals surface area contributed by atoms with Gasteiger partial charge in [0.15, 0.2) is 6.10 Å². The van der Waals surface area contributed by atoms with E-state index >= 15 is 0 Å². The first-order chi connectivity index (χ1) is 13.7. The number of nitrogens with one attached hydrogen (secondary N) is 1. The number of carbonyl (C=O) groups is 1. The lowest BCUT2D eigenvalue weighted by atomic mass is 10.2. The van der Waals surface area contributed by atoms with E-state index in [1.54, 1.807) is 32.9 Å². The van der Waals surface area contributed by atoms with Crippen LogP contribution in [-0.2, 0) is 14.8 Å². The number of benzene rings is 2. The van der Waals surface area contributed by atoms with E-state index in [1.807, 2.05) is 19.1 Å². The Balaban J connectivity index is 2.24. The lowest BCUT2D eigenvalue weighted by Gasteiger charge is -2.20. The lowest BCUT2D eigenvalue weighted by molar-refractivity contribution is -0.122. The maximum absolute atomic E-state index is 12.8. The van der Waals surface area contributed by atoms with Crippen LogP contribution in [0.5, 0.6) is 11.5 Å². The highest BCUT2D eigenvalue weighted by atomic mass is 32.2. The summed E-state index contributed by atoms with van der Waals surface area (Å²) in [6.07, 6.45) is -0.787. The van der Waals surface area contributed by atoms with Crippen LogP contribution >= 0.6 is 0 Å². The summed E-state index contributed by atoms with van der Waals surface area (Å²) < 4.78 is 37.9. The third-order valence-corrected chi connectivity index (χ3v) is 6.52. The number of anilines is 1. The van der Waals surface area contributed by atoms with Gasteiger partial charge >= 0.3 is 0 Å². The zero-order chi connectivity index (χ0) is 21.6. The summed E-state index contributed by atoms with van der Waals surface area (Å²) in [5, 5.41) is 2.71. The second kappa shape index (κ2) is 9.76. The average Bonchev–Trinajstić information content (AvgIpc) is 2.70. The predicted molar refractivity (Wildman–Crippen MR) is 113 cm³/mol. The van der Waals surface area contributed by atoms with Gasteiger partial charge in [-0.3, -0.25) is 4.79 Å². The van der Waals surface area contributed by atoms with Crippen molar-refractivity contribution in [3.63, 3.8) is 0 Å². The summed E-state index contributed by atoms with van der Waals surface area (Å²) in [5.41, 5.74) is 1.36. The first kappa shape index (κ1) is 22.7. The van der Waals surface area contributed by atoms with Crippen molar-refractivity contribution < 1.29 is 22.7 Å². The predicted octanol–water partition coefficient (Wildman–Crippen LogP) is 3.44. The third-order valence-electron chi connectivity index (χ3n) is 4.48. The monoisotopic (exact) mass is 420 g/mol. The van der Waals surface area contributed by atoms with Crippen LogP contribution in [0.4, 0.5) is 5.69 Å². The van der Waals surface area contributed by atoms with Gasteiger partial charge in [0.25, 0.3) is 5.91 Å². The van der Waals surface area contributed by atoms with Crippen molar-refractivity contribution in [1.82, 2.24) is 4.31 Å². The van der Waals surface area contributed by atoms with Gasteiger partial charge in [0.1, 0.15) is 11.5 Å². The molecule has 1 unspecified atom stereocenters. The van der Waals surface area contributed by atoms with E-state index in [4.69, 9.17) is 9.47 Å². The Hall–Kier alpha value is -2.58. The van der Waals surface area contributed by atoms with E-state index in [1.165, 1.54) is 29.6 Å². The van der Waals surface area contributed by atoms with Crippen LogP contribution in [-0.4, -0.2) is 44.9 Å². The number of amides is 1. The van der Waals surface area contributed by atoms with Gasteiger partial charge in [-0.1, -0.05) is 31.5 Å². The van der Waals surface area contributed by atoms with E-state index < -0.39 is 22.0 Å². The molecule has 0 heterocycles. The minimum absolute atomic E-state index is 0.0874. The minimum atomic E-state index is -3.66. The summed E-state index contributed by atoms with van der Waals surface area (Å²) in [5.74, 6) is 0.517. The third kappa shape index (κ3) is 5.48. The fraction of sp³-hybridized carbons (Fsp3) is 0.381. The molecule has 7 nitrogen and oxygen atoms in total. The molecule has 8 heteroatoms. The van der Waals surface area contributed by atoms with Crippen LogP contribution in [0.3, 0.4) is 0 Å². The molecule has 29 heavy (non-hydrogen) atoms. The molecule has 1 N–H and O–H groups in total. The van der Waals surface area contributed by atoms with Gasteiger partial charge in [-0.25, -0.2) is 8.42 Å². The zero-order valence-electron chi connectivity index (χ0n) is 17.4. The van der Waals surface area contributed by atoms with E-state index in [0.717, 1.165) is 5.56 Å². The van der Waals surface area contributed by atoms with Gasteiger partial charge in [0.05, 0.1) is 17.7 Å². The number of ether oxygens (including phenoxy) is 2. The maximum atomic E-state index is 12.8. The molecular formula is C21H28N2O5S. The first-order valence-electron chi connectivity index (χ1n) is 9.45. The van der Waals surface area contributed by atoms with Crippen LogP contribution in [0.2, 0.25) is 0 Å². The number of carbonyl (C=O) groups excluding carboxylic acids is 1. The van der Waals surface area contributed by atoms with Gasteiger partial charge in [0, 0.05) is 13.1 Å². The van der Waals surface area contributed by atoms with Gasteiger partial charge in [-0.05, 0) is 44.2 Å². The molecule has 0 radical (unpaired) electrons. The minimum Gasteiger partial charge on any atom is -0.495 e. The zero-order valence-corrected chi connectivity index (χ0v) is 18.2. The summed E-state index contributed by atoms with van der Waals surface area (Å²) in [4.78, 5) is 12.7. The first-order valence-corrected chi connectivity index (χ1v) is 10.9. The summed E-state index contributed by atoms with van der Waals surface area (Å²) in [7, 11) is -2.21. The molecule has 0 aliphatic heterocycles. The molecule has 0 bridgehead atoms. The largest absolute Gasteiger partial charge is 0.495 e. The molecule has 1 amide bonds. The topological polar surface area (TPSA) is 84.9 Å². The Morgan fingerprint density at radius 1 is 1.10 bits per heavy atom. The molecule has 2 aromatic carbocycles. The highest BCUT2D eigenvalue weighted by Crippen LogP contribution is 2.29. The number of methoxy groups -OCH3 is 1. The van der Waals surface area contributed by atoms with Crippen molar-refractivity contribution in [3.05, 3.63) is 48.0 Å². The molecule has 0 aromatic heterocycles. The van der Waals surface area contributed by atoms with Crippen LogP contribution in [0.15, 0.2) is 47.4 Å². The molecule has 0 saturated heterocycles. The van der Waals surface area contributed by atoms with Gasteiger partial charge < -0.3 is 14.8 Å². The van der Waals surface area contributed by atoms with E-state index in [2.05, 4.69) is 5.32 Å². The van der Waals surface area contributed by atoms with Gasteiger partial charge in [-0.2, -0.15) is 4.31 Å². The average molecular weight is 421 g/mol. The number of sulfonamides is 1. The van der Waals surface area contributed by atoms with Crippen molar-refractivity contribution in [1.29, 1.82) is 0 Å². The standard InChI is InChI=1S/C21H28N2O5S/c1-6-23(7-2)29(25,26)18-12-13-20(27-5)19(14-18)22-21(24)16(4)28-17-10-8-15(3)9-11-17/h8-14,16H,6-7H2,1-5H3,(H,22,24). The second-order valence-electron chi connectivity index (χ2n) is 6.51. The fourth-order valence-corrected chi connectivity index (χ4v) is 4.25. The van der Waals surface area contributed by atoms with Crippen LogP contribution in [0.25, 0.3) is 0 Å². The molecule has 2 rings (SSSR count). The Bertz CT molecular complexity index is 938. The maximum Gasteiger partial charge on any atom is 0.265 e. The Kier molecular flexibility index (Phi) is 7.64. The Morgan fingerprint density at radius 3 is 2.28 bits per heavy atom. The number of aryl methyl sites for hydroxylation is 1. The SMILES string of the molecule is CCN(CC)S(=O)(=O)c1ccc(OC)c(NC(=O)C(C)Oc2ccc(C)cc2)c1. The molecular weight excluding hydrogens is 392 g/mol. The highest BCUT2D eigenvalue weighted by molar-refractivity contribution is 7.89. The molecule has 0 aliphatic rings. The van der Waals surface area contributed by atoms with Crippen LogP contribution in [0.1, 0.15) is 26.3 Å². The van der Waals surface area contributed by atoms with Gasteiger partial charge in [0.2, 0.25) is 10.0 Å². The van der Waals surface area contributed by atoms with Gasteiger partial charge in [-0.15, -0.1) is 0 Å². The molecule has 0 saturated carbocycles. The summed E-state index contributed by atoms with van der Waals surface area (Å²) in [6, 6.07) is 11.8. The van der Waals surface area contributed by atoms with E-state index in [0.29, 0.717) is 24.6 Å². The molecule has 0 spiro atoms. The summed E-state index contributed by atoms with van der Waals surface area (Å²) in [6.45, 7) is 7.85. The smallest absolute Gasteiger partial charge is 0.265 e. The fourth-order valence-electron chi connectivity index (χ4n) is 2.77. The van der Waals surface area contributed by atoms with E-state index in [-0.39, 0.29) is 10.6 Å². The summed E-state index contributed by atoms with van der Waals surface area (Å²) >= 11 is 0. The molecule has 1 atom stereocenters. The molecule has 158 valence electrons. The van der Waals surface area contributed by atoms with Crippen LogP contribution < -0.4 is 14.8 Å². The quantitative estimate of drug-likeness (QED) is 0.672. The van der Waals surface area contributed by atoms with Crippen molar-refractivity contribution >= 4 is 21.6 Å². The second-order valence-corrected chi connectivity index (χ2v) is 8.45. The Labute approximate surface area is 172 Å². The van der Waals surface area contributed by atoms with E-state index in [9.17, 15) is 13.2 Å². The van der Waals surface area contributed by atoms with Crippen molar-refractivity contribution in [3.8, 4) is 11.5 Å². The number of hydrogen-bond acceptors (Lipinski definition) is 5. The van der Waals surface area contributed by atoms with Crippen molar-refractivity contribution in [2.24, 2.45) is 0 Å². The number of nitrogens with zero attached hydrogens (tertiary/aromatic N) is 1. The molecule has 2 aromatic rings.